The molecule has 0 radical (unpaired) electrons. The van der Waals surface area contributed by atoms with Gasteiger partial charge in [0.2, 0.25) is 5.95 Å². The van der Waals surface area contributed by atoms with E-state index in [2.05, 4.69) is 20.4 Å². The molecule has 0 atom stereocenters. The SMILES string of the molecule is NNc1nc(O)nc(-c2cc(Cl)cc(Cl)c2)n1. The number of hydrogen-bond donors (Lipinski definition) is 3. The maximum absolute atomic E-state index is 9.30. The third-order valence-corrected chi connectivity index (χ3v) is 2.31. The predicted molar refractivity (Wildman–Crippen MR) is 64.8 cm³/mol. The molecule has 0 fully saturated rings. The number of hydrogen-bond acceptors (Lipinski definition) is 6. The summed E-state index contributed by atoms with van der Waals surface area (Å²) in [6.45, 7) is 0. The van der Waals surface area contributed by atoms with Crippen LogP contribution in [0.5, 0.6) is 6.01 Å². The summed E-state index contributed by atoms with van der Waals surface area (Å²) in [5.41, 5.74) is 2.77. The van der Waals surface area contributed by atoms with Gasteiger partial charge in [-0.15, -0.1) is 0 Å². The van der Waals surface area contributed by atoms with Crippen molar-refractivity contribution in [2.45, 2.75) is 0 Å². The first-order chi connectivity index (χ1) is 8.08. The third-order valence-electron chi connectivity index (χ3n) is 1.87. The van der Waals surface area contributed by atoms with E-state index in [0.29, 0.717) is 15.6 Å². The largest absolute Gasteiger partial charge is 0.479 e. The highest BCUT2D eigenvalue weighted by Gasteiger charge is 2.08. The maximum atomic E-state index is 9.30. The fourth-order valence-electron chi connectivity index (χ4n) is 1.24. The number of halogens is 2. The minimum absolute atomic E-state index is 0.0450. The molecular weight excluding hydrogens is 265 g/mol. The van der Waals surface area contributed by atoms with Crippen LogP contribution in [0.3, 0.4) is 0 Å². The Morgan fingerprint density at radius 1 is 1.06 bits per heavy atom. The lowest BCUT2D eigenvalue weighted by molar-refractivity contribution is 0.430. The number of nitrogen functional groups attached to an aromatic ring is 1. The van der Waals surface area contributed by atoms with Gasteiger partial charge >= 0.3 is 6.01 Å². The molecule has 0 saturated heterocycles. The summed E-state index contributed by atoms with van der Waals surface area (Å²) in [7, 11) is 0. The summed E-state index contributed by atoms with van der Waals surface area (Å²) in [6, 6.07) is 4.36. The van der Waals surface area contributed by atoms with Gasteiger partial charge in [-0.05, 0) is 18.2 Å². The van der Waals surface area contributed by atoms with Crippen LogP contribution >= 0.6 is 23.2 Å². The number of rotatable bonds is 2. The predicted octanol–water partition coefficient (Wildman–Crippen LogP) is 1.84. The number of aromatic hydroxyl groups is 1. The van der Waals surface area contributed by atoms with Gasteiger partial charge < -0.3 is 5.11 Å². The van der Waals surface area contributed by atoms with Crippen LogP contribution in [-0.2, 0) is 0 Å². The number of nitrogens with zero attached hydrogens (tertiary/aromatic N) is 3. The first kappa shape index (κ1) is 11.8. The Morgan fingerprint density at radius 2 is 1.71 bits per heavy atom. The number of benzene rings is 1. The van der Waals surface area contributed by atoms with Crippen molar-refractivity contribution in [1.82, 2.24) is 15.0 Å². The zero-order valence-corrected chi connectivity index (χ0v) is 9.87. The van der Waals surface area contributed by atoms with E-state index in [1.807, 2.05) is 0 Å². The maximum Gasteiger partial charge on any atom is 0.319 e. The molecule has 2 rings (SSSR count). The highest BCUT2D eigenvalue weighted by Crippen LogP contribution is 2.26. The van der Waals surface area contributed by atoms with Crippen LogP contribution in [-0.4, -0.2) is 20.1 Å². The van der Waals surface area contributed by atoms with Crippen molar-refractivity contribution in [3.8, 4) is 17.4 Å². The zero-order chi connectivity index (χ0) is 12.4. The van der Waals surface area contributed by atoms with E-state index in [1.165, 1.54) is 0 Å². The molecule has 4 N–H and O–H groups in total. The molecular formula is C9H7Cl2N5O. The van der Waals surface area contributed by atoms with E-state index in [1.54, 1.807) is 18.2 Å². The lowest BCUT2D eigenvalue weighted by Gasteiger charge is -2.04. The van der Waals surface area contributed by atoms with Crippen molar-refractivity contribution in [3.05, 3.63) is 28.2 Å². The van der Waals surface area contributed by atoms with Crippen molar-refractivity contribution < 1.29 is 5.11 Å². The zero-order valence-electron chi connectivity index (χ0n) is 8.35. The fraction of sp³-hybridized carbons (Fsp3) is 0. The van der Waals surface area contributed by atoms with Gasteiger partial charge in [0.05, 0.1) is 0 Å². The average Bonchev–Trinajstić information content (AvgIpc) is 2.26. The van der Waals surface area contributed by atoms with Gasteiger partial charge in [0.25, 0.3) is 0 Å². The van der Waals surface area contributed by atoms with E-state index in [4.69, 9.17) is 29.0 Å². The molecule has 1 heterocycles. The first-order valence-corrected chi connectivity index (χ1v) is 5.22. The summed E-state index contributed by atoms with van der Waals surface area (Å²) in [5.74, 6) is 5.42. The molecule has 6 nitrogen and oxygen atoms in total. The van der Waals surface area contributed by atoms with E-state index < -0.39 is 6.01 Å². The molecule has 88 valence electrons. The normalized spacial score (nSPS) is 10.3. The van der Waals surface area contributed by atoms with E-state index in [0.717, 1.165) is 0 Å². The molecule has 0 aliphatic rings. The van der Waals surface area contributed by atoms with Crippen LogP contribution in [0.15, 0.2) is 18.2 Å². The van der Waals surface area contributed by atoms with Gasteiger partial charge in [0.15, 0.2) is 5.82 Å². The molecule has 17 heavy (non-hydrogen) atoms. The number of anilines is 1. The molecule has 0 aliphatic carbocycles. The van der Waals surface area contributed by atoms with Crippen molar-refractivity contribution in [2.24, 2.45) is 5.84 Å². The lowest BCUT2D eigenvalue weighted by Crippen LogP contribution is -2.11. The highest BCUT2D eigenvalue weighted by molar-refractivity contribution is 6.35. The van der Waals surface area contributed by atoms with Gasteiger partial charge in [-0.3, -0.25) is 5.43 Å². The summed E-state index contributed by atoms with van der Waals surface area (Å²) >= 11 is 11.7. The lowest BCUT2D eigenvalue weighted by atomic mass is 10.2. The molecule has 0 saturated carbocycles. The van der Waals surface area contributed by atoms with Crippen LogP contribution in [0.1, 0.15) is 0 Å². The fourth-order valence-corrected chi connectivity index (χ4v) is 1.77. The Bertz CT molecular complexity index is 543. The summed E-state index contributed by atoms with van der Waals surface area (Å²) in [4.78, 5) is 11.3. The van der Waals surface area contributed by atoms with Crippen molar-refractivity contribution in [3.63, 3.8) is 0 Å². The Kier molecular flexibility index (Phi) is 3.28. The standard InChI is InChI=1S/C9H7Cl2N5O/c10-5-1-4(2-6(11)3-5)7-13-8(16-12)15-9(17)14-7/h1-3H,12H2,(H2,13,14,15,16,17). The summed E-state index contributed by atoms with van der Waals surface area (Å²) < 4.78 is 0. The molecule has 1 aromatic heterocycles. The Balaban J connectivity index is 2.55. The Labute approximate surface area is 106 Å². The molecule has 0 spiro atoms. The molecule has 0 bridgehead atoms. The van der Waals surface area contributed by atoms with Crippen molar-refractivity contribution in [2.75, 3.05) is 5.43 Å². The van der Waals surface area contributed by atoms with Gasteiger partial charge in [-0.2, -0.15) is 15.0 Å². The minimum atomic E-state index is -0.445. The average molecular weight is 272 g/mol. The monoisotopic (exact) mass is 271 g/mol. The number of hydrazine groups is 1. The van der Waals surface area contributed by atoms with Gasteiger partial charge in [0, 0.05) is 15.6 Å². The van der Waals surface area contributed by atoms with E-state index >= 15 is 0 Å². The second kappa shape index (κ2) is 4.70. The van der Waals surface area contributed by atoms with Crippen molar-refractivity contribution >= 4 is 29.2 Å². The molecule has 0 aliphatic heterocycles. The highest BCUT2D eigenvalue weighted by atomic mass is 35.5. The Morgan fingerprint density at radius 3 is 2.29 bits per heavy atom. The molecule has 8 heteroatoms. The molecule has 2 aromatic rings. The van der Waals surface area contributed by atoms with Gasteiger partial charge in [-0.1, -0.05) is 23.2 Å². The third kappa shape index (κ3) is 2.73. The van der Waals surface area contributed by atoms with Crippen LogP contribution < -0.4 is 11.3 Å². The van der Waals surface area contributed by atoms with Crippen LogP contribution in [0, 0.1) is 0 Å². The van der Waals surface area contributed by atoms with Crippen LogP contribution in [0.4, 0.5) is 5.95 Å². The number of aromatic nitrogens is 3. The molecule has 0 amide bonds. The molecule has 1 aromatic carbocycles. The summed E-state index contributed by atoms with van der Waals surface area (Å²) in [6.07, 6.45) is 0. The van der Waals surface area contributed by atoms with Gasteiger partial charge in [-0.25, -0.2) is 5.84 Å². The first-order valence-electron chi connectivity index (χ1n) is 4.46. The van der Waals surface area contributed by atoms with Crippen molar-refractivity contribution in [1.29, 1.82) is 0 Å². The topological polar surface area (TPSA) is 97.0 Å². The minimum Gasteiger partial charge on any atom is -0.479 e. The van der Waals surface area contributed by atoms with Crippen LogP contribution in [0.25, 0.3) is 11.4 Å². The van der Waals surface area contributed by atoms with E-state index in [-0.39, 0.29) is 11.8 Å². The quantitative estimate of drug-likeness (QED) is 0.570. The molecule has 0 unspecified atom stereocenters. The number of nitrogens with two attached hydrogens (primary N) is 1. The van der Waals surface area contributed by atoms with Gasteiger partial charge in [0.1, 0.15) is 0 Å². The smallest absolute Gasteiger partial charge is 0.319 e. The second-order valence-corrected chi connectivity index (χ2v) is 3.96. The number of nitrogens with one attached hydrogen (secondary N) is 1. The van der Waals surface area contributed by atoms with Crippen LogP contribution in [0.2, 0.25) is 10.0 Å². The Hall–Kier alpha value is -1.63. The summed E-state index contributed by atoms with van der Waals surface area (Å²) in [5, 5.41) is 10.2. The second-order valence-electron chi connectivity index (χ2n) is 3.09. The van der Waals surface area contributed by atoms with E-state index in [9.17, 15) is 5.11 Å².